The van der Waals surface area contributed by atoms with Crippen LogP contribution in [-0.2, 0) is 13.2 Å². The number of carbonyl (C=O) groups is 1. The van der Waals surface area contributed by atoms with Crippen LogP contribution in [0.4, 0.5) is 18.9 Å². The van der Waals surface area contributed by atoms with Crippen LogP contribution in [0.3, 0.4) is 0 Å². The first-order valence-electron chi connectivity index (χ1n) is 6.84. The van der Waals surface area contributed by atoms with Crippen LogP contribution in [0.1, 0.15) is 15.9 Å². The summed E-state index contributed by atoms with van der Waals surface area (Å²) in [5, 5.41) is 6.42. The van der Waals surface area contributed by atoms with Crippen molar-refractivity contribution in [3.8, 4) is 5.69 Å². The molecule has 0 aliphatic heterocycles. The average Bonchev–Trinajstić information content (AvgIpc) is 3.16. The van der Waals surface area contributed by atoms with Gasteiger partial charge in [0.15, 0.2) is 0 Å². The van der Waals surface area contributed by atoms with E-state index >= 15 is 0 Å². The monoisotopic (exact) mass is 335 g/mol. The number of anilines is 1. The molecule has 24 heavy (non-hydrogen) atoms. The maximum absolute atomic E-state index is 13.0. The molecule has 3 aromatic rings. The molecule has 1 aromatic carbocycles. The third kappa shape index (κ3) is 3.14. The van der Waals surface area contributed by atoms with Gasteiger partial charge in [0.2, 0.25) is 0 Å². The highest BCUT2D eigenvalue weighted by atomic mass is 19.4. The molecule has 0 unspecified atom stereocenters. The van der Waals surface area contributed by atoms with E-state index in [1.807, 2.05) is 0 Å². The van der Waals surface area contributed by atoms with Crippen molar-refractivity contribution < 1.29 is 18.0 Å². The van der Waals surface area contributed by atoms with E-state index in [-0.39, 0.29) is 0 Å². The van der Waals surface area contributed by atoms with Gasteiger partial charge in [-0.25, -0.2) is 9.67 Å². The molecular formula is C15H12F3N5O. The summed E-state index contributed by atoms with van der Waals surface area (Å²) >= 11 is 0. The molecule has 3 rings (SSSR count). The first-order chi connectivity index (χ1) is 11.3. The minimum atomic E-state index is -4.59. The predicted molar refractivity (Wildman–Crippen MR) is 79.7 cm³/mol. The van der Waals surface area contributed by atoms with Gasteiger partial charge in [0.25, 0.3) is 5.91 Å². The summed E-state index contributed by atoms with van der Waals surface area (Å²) in [4.78, 5) is 16.0. The first kappa shape index (κ1) is 15.8. The topological polar surface area (TPSA) is 64.7 Å². The quantitative estimate of drug-likeness (QED) is 0.800. The Morgan fingerprint density at radius 2 is 1.88 bits per heavy atom. The number of nitrogens with zero attached hydrogens (tertiary/aromatic N) is 4. The van der Waals surface area contributed by atoms with E-state index < -0.39 is 23.2 Å². The second kappa shape index (κ2) is 5.84. The van der Waals surface area contributed by atoms with Gasteiger partial charge < -0.3 is 9.88 Å². The van der Waals surface area contributed by atoms with E-state index in [4.69, 9.17) is 0 Å². The molecule has 2 aromatic heterocycles. The van der Waals surface area contributed by atoms with Gasteiger partial charge in [0, 0.05) is 25.1 Å². The summed E-state index contributed by atoms with van der Waals surface area (Å²) in [6, 6.07) is 6.48. The third-order valence-corrected chi connectivity index (χ3v) is 3.31. The van der Waals surface area contributed by atoms with Crippen LogP contribution in [0.5, 0.6) is 0 Å². The summed E-state index contributed by atoms with van der Waals surface area (Å²) in [6.07, 6.45) is 0.312. The molecule has 6 nitrogen and oxygen atoms in total. The fourth-order valence-corrected chi connectivity index (χ4v) is 2.23. The normalized spacial score (nSPS) is 11.5. The van der Waals surface area contributed by atoms with Gasteiger partial charge in [-0.1, -0.05) is 0 Å². The lowest BCUT2D eigenvalue weighted by molar-refractivity contribution is -0.137. The molecular weight excluding hydrogens is 323 g/mol. The summed E-state index contributed by atoms with van der Waals surface area (Å²) < 4.78 is 41.6. The Bertz CT molecular complexity index is 850. The van der Waals surface area contributed by atoms with Gasteiger partial charge in [-0.3, -0.25) is 4.79 Å². The molecule has 1 N–H and O–H groups in total. The number of hydrogen-bond donors (Lipinski definition) is 1. The van der Waals surface area contributed by atoms with Crippen LogP contribution in [0.15, 0.2) is 49.3 Å². The van der Waals surface area contributed by atoms with Crippen molar-refractivity contribution in [3.63, 3.8) is 0 Å². The number of halogens is 3. The highest BCUT2D eigenvalue weighted by Gasteiger charge is 2.36. The third-order valence-electron chi connectivity index (χ3n) is 3.31. The van der Waals surface area contributed by atoms with E-state index in [0.29, 0.717) is 11.4 Å². The van der Waals surface area contributed by atoms with Gasteiger partial charge in [-0.15, -0.1) is 0 Å². The number of amides is 1. The van der Waals surface area contributed by atoms with Crippen molar-refractivity contribution in [1.29, 1.82) is 0 Å². The van der Waals surface area contributed by atoms with Gasteiger partial charge in [0.1, 0.15) is 12.7 Å². The highest BCUT2D eigenvalue weighted by Crippen LogP contribution is 2.32. The zero-order valence-electron chi connectivity index (χ0n) is 12.4. The highest BCUT2D eigenvalue weighted by molar-refractivity contribution is 6.05. The molecule has 0 bridgehead atoms. The first-order valence-corrected chi connectivity index (χ1v) is 6.84. The Balaban J connectivity index is 1.81. The second-order valence-corrected chi connectivity index (χ2v) is 5.09. The number of nitrogens with one attached hydrogen (secondary N) is 1. The number of aromatic nitrogens is 4. The predicted octanol–water partition coefficient (Wildman–Crippen LogP) is 2.88. The van der Waals surface area contributed by atoms with Crippen molar-refractivity contribution in [2.24, 2.45) is 7.05 Å². The number of hydrogen-bond acceptors (Lipinski definition) is 3. The summed E-state index contributed by atoms with van der Waals surface area (Å²) in [5.74, 6) is -0.823. The van der Waals surface area contributed by atoms with Gasteiger partial charge in [-0.2, -0.15) is 18.3 Å². The fraction of sp³-hybridized carbons (Fsp3) is 0.133. The summed E-state index contributed by atoms with van der Waals surface area (Å²) in [7, 11) is 1.43. The largest absolute Gasteiger partial charge is 0.418 e. The van der Waals surface area contributed by atoms with Crippen molar-refractivity contribution in [1.82, 2.24) is 19.3 Å². The van der Waals surface area contributed by atoms with E-state index in [1.165, 1.54) is 29.0 Å². The molecule has 0 saturated heterocycles. The maximum Gasteiger partial charge on any atom is 0.418 e. The number of aryl methyl sites for hydroxylation is 1. The minimum Gasteiger partial charge on any atom is -0.356 e. The fourth-order valence-electron chi connectivity index (χ4n) is 2.23. The Morgan fingerprint density at radius 3 is 2.46 bits per heavy atom. The molecule has 0 aliphatic rings. The molecule has 0 saturated carbocycles. The van der Waals surface area contributed by atoms with Crippen LogP contribution < -0.4 is 5.32 Å². The maximum atomic E-state index is 13.0. The zero-order chi connectivity index (χ0) is 17.3. The van der Waals surface area contributed by atoms with Gasteiger partial charge in [0.05, 0.1) is 16.8 Å². The Labute approximate surface area is 134 Å². The van der Waals surface area contributed by atoms with Crippen molar-refractivity contribution >= 4 is 11.6 Å². The number of alkyl halides is 3. The second-order valence-electron chi connectivity index (χ2n) is 5.09. The van der Waals surface area contributed by atoms with E-state index in [2.05, 4.69) is 15.4 Å². The number of carbonyl (C=O) groups excluding carboxylic acids is 1. The van der Waals surface area contributed by atoms with Crippen LogP contribution in [-0.4, -0.2) is 25.2 Å². The van der Waals surface area contributed by atoms with Crippen molar-refractivity contribution in [2.45, 2.75) is 6.18 Å². The Kier molecular flexibility index (Phi) is 3.84. The average molecular weight is 335 g/mol. The van der Waals surface area contributed by atoms with Crippen molar-refractivity contribution in [3.05, 3.63) is 60.4 Å². The smallest absolute Gasteiger partial charge is 0.356 e. The van der Waals surface area contributed by atoms with E-state index in [0.717, 1.165) is 12.4 Å². The molecule has 0 spiro atoms. The molecule has 9 heteroatoms. The van der Waals surface area contributed by atoms with Gasteiger partial charge in [-0.05, 0) is 24.3 Å². The molecule has 0 fully saturated rings. The van der Waals surface area contributed by atoms with Crippen LogP contribution in [0, 0.1) is 0 Å². The van der Waals surface area contributed by atoms with Gasteiger partial charge >= 0.3 is 6.18 Å². The molecule has 0 radical (unpaired) electrons. The zero-order valence-corrected chi connectivity index (χ0v) is 12.4. The molecule has 1 amide bonds. The lowest BCUT2D eigenvalue weighted by Crippen LogP contribution is -2.16. The summed E-state index contributed by atoms with van der Waals surface area (Å²) in [5.41, 5.74) is -0.311. The molecule has 2 heterocycles. The molecule has 0 atom stereocenters. The summed E-state index contributed by atoms with van der Waals surface area (Å²) in [6.45, 7) is 0. The minimum absolute atomic E-state index is 0.376. The number of rotatable bonds is 3. The number of benzene rings is 1. The van der Waals surface area contributed by atoms with E-state index in [1.54, 1.807) is 24.3 Å². The lowest BCUT2D eigenvalue weighted by Gasteiger charge is -2.09. The Morgan fingerprint density at radius 1 is 1.17 bits per heavy atom. The molecule has 124 valence electrons. The van der Waals surface area contributed by atoms with Crippen LogP contribution in [0.25, 0.3) is 5.69 Å². The standard InChI is InChI=1S/C15H12F3N5O/c1-22-6-12(13(7-22)15(16,17)18)14(24)21-10-2-4-11(5-3-10)23-9-19-8-20-23/h2-9H,1H3,(H,21,24). The van der Waals surface area contributed by atoms with Crippen LogP contribution in [0.2, 0.25) is 0 Å². The van der Waals surface area contributed by atoms with Crippen LogP contribution >= 0.6 is 0 Å². The molecule has 0 aliphatic carbocycles. The van der Waals surface area contributed by atoms with Crippen molar-refractivity contribution in [2.75, 3.05) is 5.32 Å². The SMILES string of the molecule is Cn1cc(C(=O)Nc2ccc(-n3cncn3)cc2)c(C(F)(F)F)c1. The Hall–Kier alpha value is -3.10. The lowest BCUT2D eigenvalue weighted by atomic mass is 10.1. The van der Waals surface area contributed by atoms with E-state index in [9.17, 15) is 18.0 Å².